The largest absolute Gasteiger partial charge is 0.494 e. The van der Waals surface area contributed by atoms with E-state index in [1.807, 2.05) is 26.0 Å². The topological polar surface area (TPSA) is 75.7 Å². The summed E-state index contributed by atoms with van der Waals surface area (Å²) in [6.45, 7) is 6.97. The summed E-state index contributed by atoms with van der Waals surface area (Å²) in [5, 5.41) is 0. The molecule has 0 aromatic heterocycles. The van der Waals surface area contributed by atoms with Crippen molar-refractivity contribution in [2.24, 2.45) is 0 Å². The number of ether oxygens (including phenoxy) is 1. The molecule has 0 aliphatic carbocycles. The summed E-state index contributed by atoms with van der Waals surface area (Å²) >= 11 is 0. The Morgan fingerprint density at radius 2 is 1.96 bits per heavy atom. The van der Waals surface area contributed by atoms with Crippen LogP contribution in [-0.2, 0) is 27.8 Å². The molecule has 1 aliphatic rings. The van der Waals surface area contributed by atoms with E-state index in [9.17, 15) is 13.2 Å². The molecule has 2 aromatic carbocycles. The number of nitrogens with zero attached hydrogens (tertiary/aromatic N) is 1. The number of aryl methyl sites for hydroxylation is 1. The van der Waals surface area contributed by atoms with E-state index in [-0.39, 0.29) is 10.8 Å². The van der Waals surface area contributed by atoms with Gasteiger partial charge in [-0.15, -0.1) is 0 Å². The number of anilines is 1. The van der Waals surface area contributed by atoms with E-state index in [0.717, 1.165) is 23.1 Å². The maximum Gasteiger partial charge on any atom is 0.261 e. The Labute approximate surface area is 160 Å². The molecule has 1 N–H and O–H groups in total. The van der Waals surface area contributed by atoms with E-state index >= 15 is 0 Å². The third kappa shape index (κ3) is 4.24. The van der Waals surface area contributed by atoms with Crippen molar-refractivity contribution < 1.29 is 17.9 Å². The minimum Gasteiger partial charge on any atom is -0.494 e. The van der Waals surface area contributed by atoms with Crippen molar-refractivity contribution in [3.05, 3.63) is 53.1 Å². The quantitative estimate of drug-likeness (QED) is 0.854. The smallest absolute Gasteiger partial charge is 0.261 e. The van der Waals surface area contributed by atoms with Crippen molar-refractivity contribution in [2.45, 2.75) is 38.6 Å². The fourth-order valence-electron chi connectivity index (χ4n) is 3.21. The van der Waals surface area contributed by atoms with Crippen molar-refractivity contribution in [3.8, 4) is 5.75 Å². The van der Waals surface area contributed by atoms with E-state index in [1.165, 1.54) is 6.07 Å². The van der Waals surface area contributed by atoms with E-state index < -0.39 is 10.0 Å². The van der Waals surface area contributed by atoms with Crippen LogP contribution in [0.5, 0.6) is 5.75 Å². The van der Waals surface area contributed by atoms with Crippen molar-refractivity contribution >= 4 is 21.6 Å². The summed E-state index contributed by atoms with van der Waals surface area (Å²) in [6.07, 6.45) is 0.778. The highest BCUT2D eigenvalue weighted by Gasteiger charge is 2.20. The number of nitrogens with one attached hydrogen (secondary N) is 1. The lowest BCUT2D eigenvalue weighted by Crippen LogP contribution is -2.34. The van der Waals surface area contributed by atoms with Crippen molar-refractivity contribution in [3.63, 3.8) is 0 Å². The molecule has 0 spiro atoms. The minimum absolute atomic E-state index is 0.0245. The predicted molar refractivity (Wildman–Crippen MR) is 104 cm³/mol. The summed E-state index contributed by atoms with van der Waals surface area (Å²) in [4.78, 5) is 13.6. The Balaban J connectivity index is 1.83. The zero-order chi connectivity index (χ0) is 19.6. The van der Waals surface area contributed by atoms with Gasteiger partial charge in [-0.25, -0.2) is 8.42 Å². The molecule has 0 atom stereocenters. The highest BCUT2D eigenvalue weighted by molar-refractivity contribution is 7.92. The lowest BCUT2D eigenvalue weighted by atomic mass is 9.99. The van der Waals surface area contributed by atoms with Gasteiger partial charge in [-0.05, 0) is 67.3 Å². The molecule has 0 fully saturated rings. The Bertz CT molecular complexity index is 970. The van der Waals surface area contributed by atoms with E-state index in [2.05, 4.69) is 4.72 Å². The molecule has 27 heavy (non-hydrogen) atoms. The lowest BCUT2D eigenvalue weighted by molar-refractivity contribution is -0.129. The van der Waals surface area contributed by atoms with E-state index in [0.29, 0.717) is 31.1 Å². The molecule has 0 saturated carbocycles. The first-order chi connectivity index (χ1) is 12.8. The zero-order valence-electron chi connectivity index (χ0n) is 15.8. The third-order valence-electron chi connectivity index (χ3n) is 4.67. The number of fused-ring (bicyclic) bond motifs is 1. The van der Waals surface area contributed by atoms with Gasteiger partial charge in [-0.1, -0.05) is 6.07 Å². The number of carbonyl (C=O) groups is 1. The second kappa shape index (κ2) is 7.60. The van der Waals surface area contributed by atoms with Crippen LogP contribution < -0.4 is 9.46 Å². The second-order valence-electron chi connectivity index (χ2n) is 6.64. The van der Waals surface area contributed by atoms with Crippen molar-refractivity contribution in [1.82, 2.24) is 4.90 Å². The molecule has 0 unspecified atom stereocenters. The first-order valence-corrected chi connectivity index (χ1v) is 10.4. The minimum atomic E-state index is -3.71. The van der Waals surface area contributed by atoms with Crippen LogP contribution in [0.4, 0.5) is 5.69 Å². The van der Waals surface area contributed by atoms with Gasteiger partial charge < -0.3 is 9.64 Å². The van der Waals surface area contributed by atoms with Crippen LogP contribution in [-0.4, -0.2) is 32.4 Å². The summed E-state index contributed by atoms with van der Waals surface area (Å²) in [5.41, 5.74) is 3.37. The Morgan fingerprint density at radius 3 is 2.63 bits per heavy atom. The second-order valence-corrected chi connectivity index (χ2v) is 8.32. The molecule has 1 heterocycles. The average Bonchev–Trinajstić information content (AvgIpc) is 2.62. The number of amides is 1. The molecule has 0 saturated heterocycles. The molecular formula is C20H24N2O4S. The van der Waals surface area contributed by atoms with Gasteiger partial charge in [0.15, 0.2) is 0 Å². The van der Waals surface area contributed by atoms with Gasteiger partial charge in [-0.3, -0.25) is 9.52 Å². The van der Waals surface area contributed by atoms with Gasteiger partial charge in [0, 0.05) is 25.7 Å². The van der Waals surface area contributed by atoms with Crippen LogP contribution in [0.2, 0.25) is 0 Å². The zero-order valence-corrected chi connectivity index (χ0v) is 16.6. The molecule has 144 valence electrons. The highest BCUT2D eigenvalue weighted by Crippen LogP contribution is 2.26. The Kier molecular flexibility index (Phi) is 5.41. The van der Waals surface area contributed by atoms with E-state index in [4.69, 9.17) is 4.74 Å². The Morgan fingerprint density at radius 1 is 1.19 bits per heavy atom. The fourth-order valence-corrected chi connectivity index (χ4v) is 4.34. The van der Waals surface area contributed by atoms with Crippen LogP contribution in [0.25, 0.3) is 0 Å². The monoisotopic (exact) mass is 388 g/mol. The van der Waals surface area contributed by atoms with Crippen molar-refractivity contribution in [1.29, 1.82) is 0 Å². The standard InChI is InChI=1S/C20H24N2O4S/c1-4-26-20-8-7-19(11-14(20)2)27(24,25)21-18-6-5-16-9-10-22(15(3)23)13-17(16)12-18/h5-8,11-12,21H,4,9-10,13H2,1-3H3. The maximum absolute atomic E-state index is 12.7. The molecule has 6 nitrogen and oxygen atoms in total. The maximum atomic E-state index is 12.7. The number of sulfonamides is 1. The van der Waals surface area contributed by atoms with Gasteiger partial charge in [0.1, 0.15) is 5.75 Å². The summed E-state index contributed by atoms with van der Waals surface area (Å²) < 4.78 is 33.6. The number of benzene rings is 2. The van der Waals surface area contributed by atoms with E-state index in [1.54, 1.807) is 30.0 Å². The van der Waals surface area contributed by atoms with Gasteiger partial charge in [0.05, 0.1) is 11.5 Å². The molecule has 0 bridgehead atoms. The van der Waals surface area contributed by atoms with Gasteiger partial charge in [-0.2, -0.15) is 0 Å². The molecule has 1 amide bonds. The lowest BCUT2D eigenvalue weighted by Gasteiger charge is -2.28. The van der Waals surface area contributed by atoms with Gasteiger partial charge in [0.25, 0.3) is 10.0 Å². The molecular weight excluding hydrogens is 364 g/mol. The summed E-state index contributed by atoms with van der Waals surface area (Å²) in [6, 6.07) is 10.3. The van der Waals surface area contributed by atoms with Gasteiger partial charge in [0.2, 0.25) is 5.91 Å². The predicted octanol–water partition coefficient (Wildman–Crippen LogP) is 3.10. The first-order valence-electron chi connectivity index (χ1n) is 8.93. The van der Waals surface area contributed by atoms with Crippen LogP contribution in [0.1, 0.15) is 30.5 Å². The van der Waals surface area contributed by atoms with Crippen LogP contribution >= 0.6 is 0 Å². The number of rotatable bonds is 5. The molecule has 0 radical (unpaired) electrons. The van der Waals surface area contributed by atoms with Crippen LogP contribution in [0.15, 0.2) is 41.3 Å². The fraction of sp³-hybridized carbons (Fsp3) is 0.350. The number of carbonyl (C=O) groups excluding carboxylic acids is 1. The third-order valence-corrected chi connectivity index (χ3v) is 6.05. The number of hydrogen-bond donors (Lipinski definition) is 1. The highest BCUT2D eigenvalue weighted by atomic mass is 32.2. The molecule has 2 aromatic rings. The molecule has 3 rings (SSSR count). The average molecular weight is 388 g/mol. The molecule has 7 heteroatoms. The van der Waals surface area contributed by atoms with Crippen LogP contribution in [0, 0.1) is 6.92 Å². The Hall–Kier alpha value is -2.54. The number of hydrogen-bond acceptors (Lipinski definition) is 4. The first kappa shape index (κ1) is 19.2. The summed E-state index contributed by atoms with van der Waals surface area (Å²) in [7, 11) is -3.71. The van der Waals surface area contributed by atoms with Gasteiger partial charge >= 0.3 is 0 Å². The summed E-state index contributed by atoms with van der Waals surface area (Å²) in [5.74, 6) is 0.700. The van der Waals surface area contributed by atoms with Crippen LogP contribution in [0.3, 0.4) is 0 Å². The molecule has 1 aliphatic heterocycles. The SMILES string of the molecule is CCOc1ccc(S(=O)(=O)Nc2ccc3c(c2)CN(C(C)=O)CC3)cc1C. The van der Waals surface area contributed by atoms with Crippen molar-refractivity contribution in [2.75, 3.05) is 17.9 Å². The normalized spacial score (nSPS) is 13.8.